The quantitative estimate of drug-likeness (QED) is 0.292. The molecule has 1 saturated heterocycles. The monoisotopic (exact) mass is 479 g/mol. The highest BCUT2D eigenvalue weighted by atomic mass is 32.2. The van der Waals surface area contributed by atoms with Gasteiger partial charge in [-0.25, -0.2) is 4.99 Å². The number of amidine groups is 1. The zero-order chi connectivity index (χ0) is 24.4. The number of hydrogen-bond acceptors (Lipinski definition) is 4. The number of rotatable bonds is 5. The minimum absolute atomic E-state index is 0.0786. The lowest BCUT2D eigenvalue weighted by molar-refractivity contribution is -0.113. The second kappa shape index (κ2) is 9.68. The third kappa shape index (κ3) is 4.53. The highest BCUT2D eigenvalue weighted by molar-refractivity contribution is 8.19. The predicted octanol–water partition coefficient (Wildman–Crippen LogP) is 6.91. The molecule has 0 bridgehead atoms. The van der Waals surface area contributed by atoms with E-state index >= 15 is 0 Å². The lowest BCUT2D eigenvalue weighted by atomic mass is 10.2. The number of hydrogen-bond donors (Lipinski definition) is 0. The molecule has 0 N–H and O–H groups in total. The molecule has 0 unspecified atom stereocenters. The van der Waals surface area contributed by atoms with Gasteiger partial charge in [0.05, 0.1) is 23.4 Å². The molecule has 2 heterocycles. The molecule has 5 nitrogen and oxygen atoms in total. The van der Waals surface area contributed by atoms with Crippen LogP contribution in [-0.4, -0.2) is 22.8 Å². The molecule has 1 amide bonds. The van der Waals surface area contributed by atoms with Crippen LogP contribution in [0.4, 0.5) is 11.4 Å². The van der Waals surface area contributed by atoms with Crippen LogP contribution in [0.5, 0.6) is 5.75 Å². The molecule has 4 aromatic rings. The molecule has 0 saturated carbocycles. The van der Waals surface area contributed by atoms with Crippen LogP contribution < -0.4 is 9.64 Å². The molecular formula is C29H25N3O2S. The second-order valence-electron chi connectivity index (χ2n) is 8.18. The molecule has 0 spiro atoms. The van der Waals surface area contributed by atoms with Crippen molar-refractivity contribution >= 4 is 40.3 Å². The second-order valence-corrected chi connectivity index (χ2v) is 9.19. The van der Waals surface area contributed by atoms with Gasteiger partial charge in [0.2, 0.25) is 0 Å². The van der Waals surface area contributed by atoms with E-state index in [1.54, 1.807) is 12.0 Å². The number of carbonyl (C=O) groups is 1. The highest BCUT2D eigenvalue weighted by Gasteiger charge is 2.35. The first-order valence-corrected chi connectivity index (χ1v) is 12.1. The summed E-state index contributed by atoms with van der Waals surface area (Å²) in [6.45, 7) is 4.14. The van der Waals surface area contributed by atoms with Crippen molar-refractivity contribution in [3.05, 3.63) is 113 Å². The van der Waals surface area contributed by atoms with Crippen molar-refractivity contribution in [3.8, 4) is 11.4 Å². The van der Waals surface area contributed by atoms with E-state index in [9.17, 15) is 4.79 Å². The largest absolute Gasteiger partial charge is 0.497 e. The topological polar surface area (TPSA) is 46.8 Å². The van der Waals surface area contributed by atoms with E-state index in [2.05, 4.69) is 24.5 Å². The molecule has 35 heavy (non-hydrogen) atoms. The van der Waals surface area contributed by atoms with Crippen molar-refractivity contribution < 1.29 is 9.53 Å². The van der Waals surface area contributed by atoms with Crippen LogP contribution in [0, 0.1) is 13.8 Å². The van der Waals surface area contributed by atoms with E-state index in [-0.39, 0.29) is 5.91 Å². The number of ether oxygens (including phenoxy) is 1. The van der Waals surface area contributed by atoms with Crippen molar-refractivity contribution in [2.45, 2.75) is 13.8 Å². The molecule has 0 radical (unpaired) electrons. The number of aliphatic imine (C=N–C) groups is 1. The molecule has 1 aliphatic heterocycles. The molecule has 1 fully saturated rings. The Kier molecular flexibility index (Phi) is 6.29. The van der Waals surface area contributed by atoms with Gasteiger partial charge < -0.3 is 9.30 Å². The number of aromatic nitrogens is 1. The molecule has 0 atom stereocenters. The van der Waals surface area contributed by atoms with Crippen molar-refractivity contribution in [1.82, 2.24) is 4.57 Å². The first-order chi connectivity index (χ1) is 17.0. The van der Waals surface area contributed by atoms with Crippen LogP contribution in [0.2, 0.25) is 0 Å². The minimum Gasteiger partial charge on any atom is -0.497 e. The van der Waals surface area contributed by atoms with Crippen LogP contribution in [0.25, 0.3) is 11.8 Å². The summed E-state index contributed by atoms with van der Waals surface area (Å²) >= 11 is 1.40. The maximum Gasteiger partial charge on any atom is 0.271 e. The summed E-state index contributed by atoms with van der Waals surface area (Å²) in [6, 6.07) is 29.4. The molecular weight excluding hydrogens is 454 g/mol. The van der Waals surface area contributed by atoms with Crippen LogP contribution in [0.15, 0.2) is 101 Å². The number of nitrogens with zero attached hydrogens (tertiary/aromatic N) is 3. The molecule has 6 heteroatoms. The number of thioether (sulfide) groups is 1. The number of benzene rings is 3. The fourth-order valence-corrected chi connectivity index (χ4v) is 5.16. The van der Waals surface area contributed by atoms with E-state index in [1.165, 1.54) is 11.8 Å². The fourth-order valence-electron chi connectivity index (χ4n) is 4.17. The number of para-hydroxylation sites is 2. The minimum atomic E-state index is -0.0786. The smallest absolute Gasteiger partial charge is 0.271 e. The van der Waals surface area contributed by atoms with Gasteiger partial charge in [-0.15, -0.1) is 0 Å². The summed E-state index contributed by atoms with van der Waals surface area (Å²) in [5, 5.41) is 0.641. The molecule has 5 rings (SSSR count). The molecule has 3 aromatic carbocycles. The molecule has 1 aliphatic rings. The Morgan fingerprint density at radius 3 is 2.17 bits per heavy atom. The third-order valence-electron chi connectivity index (χ3n) is 5.89. The third-order valence-corrected chi connectivity index (χ3v) is 6.86. The van der Waals surface area contributed by atoms with Crippen LogP contribution in [0.1, 0.15) is 17.0 Å². The number of carbonyl (C=O) groups excluding carboxylic acids is 1. The van der Waals surface area contributed by atoms with Crippen molar-refractivity contribution in [3.63, 3.8) is 0 Å². The zero-order valence-electron chi connectivity index (χ0n) is 19.8. The van der Waals surface area contributed by atoms with Crippen LogP contribution >= 0.6 is 11.8 Å². The first kappa shape index (κ1) is 22.7. The first-order valence-electron chi connectivity index (χ1n) is 11.3. The number of anilines is 1. The normalized spacial score (nSPS) is 15.9. The summed E-state index contributed by atoms with van der Waals surface area (Å²) < 4.78 is 7.48. The van der Waals surface area contributed by atoms with E-state index in [4.69, 9.17) is 9.73 Å². The van der Waals surface area contributed by atoms with E-state index in [0.29, 0.717) is 10.1 Å². The van der Waals surface area contributed by atoms with Gasteiger partial charge in [0.1, 0.15) is 5.75 Å². The van der Waals surface area contributed by atoms with Gasteiger partial charge in [0.25, 0.3) is 5.91 Å². The maximum absolute atomic E-state index is 13.6. The molecule has 0 aliphatic carbocycles. The van der Waals surface area contributed by atoms with E-state index in [1.807, 2.05) is 91.0 Å². The van der Waals surface area contributed by atoms with Gasteiger partial charge in [-0.3, -0.25) is 9.69 Å². The Morgan fingerprint density at radius 1 is 0.857 bits per heavy atom. The Morgan fingerprint density at radius 2 is 1.51 bits per heavy atom. The van der Waals surface area contributed by atoms with Crippen molar-refractivity contribution in [2.75, 3.05) is 12.0 Å². The Labute approximate surface area is 209 Å². The SMILES string of the molecule is COc1ccc(-n2c(C)cc(/C=C3\SC(=Nc4ccccc4)N(c4ccccc4)C3=O)c2C)cc1. The lowest BCUT2D eigenvalue weighted by Gasteiger charge is -2.15. The van der Waals surface area contributed by atoms with Gasteiger partial charge in [0, 0.05) is 17.1 Å². The summed E-state index contributed by atoms with van der Waals surface area (Å²) in [5.41, 5.74) is 5.81. The molecule has 174 valence electrons. The molecule has 1 aromatic heterocycles. The van der Waals surface area contributed by atoms with Gasteiger partial charge in [-0.1, -0.05) is 36.4 Å². The van der Waals surface area contributed by atoms with Crippen LogP contribution in [-0.2, 0) is 4.79 Å². The number of methoxy groups -OCH3 is 1. The number of amides is 1. The van der Waals surface area contributed by atoms with Crippen LogP contribution in [0.3, 0.4) is 0 Å². The Balaban J connectivity index is 1.55. The van der Waals surface area contributed by atoms with E-state index in [0.717, 1.165) is 39.8 Å². The number of aryl methyl sites for hydroxylation is 1. The van der Waals surface area contributed by atoms with Gasteiger partial charge in [-0.2, -0.15) is 0 Å². The van der Waals surface area contributed by atoms with Gasteiger partial charge in [0.15, 0.2) is 5.17 Å². The summed E-state index contributed by atoms with van der Waals surface area (Å²) in [5.74, 6) is 0.739. The van der Waals surface area contributed by atoms with Crippen molar-refractivity contribution in [2.24, 2.45) is 4.99 Å². The van der Waals surface area contributed by atoms with Gasteiger partial charge >= 0.3 is 0 Å². The predicted molar refractivity (Wildman–Crippen MR) is 145 cm³/mol. The lowest BCUT2D eigenvalue weighted by Crippen LogP contribution is -2.28. The van der Waals surface area contributed by atoms with Crippen molar-refractivity contribution in [1.29, 1.82) is 0 Å². The Bertz CT molecular complexity index is 1420. The highest BCUT2D eigenvalue weighted by Crippen LogP contribution is 2.38. The Hall–Kier alpha value is -4.03. The zero-order valence-corrected chi connectivity index (χ0v) is 20.6. The fraction of sp³-hybridized carbons (Fsp3) is 0.103. The summed E-state index contributed by atoms with van der Waals surface area (Å²) in [4.78, 5) is 20.7. The standard InChI is InChI=1S/C29H25N3O2S/c1-20-18-22(21(2)31(20)25-14-16-26(34-3)17-15-25)19-27-28(33)32(24-12-8-5-9-13-24)29(35-27)30-23-10-6-4-7-11-23/h4-19H,1-3H3/b27-19-,30-29?. The average molecular weight is 480 g/mol. The summed E-state index contributed by atoms with van der Waals surface area (Å²) in [7, 11) is 1.66. The average Bonchev–Trinajstić information content (AvgIpc) is 3.34. The van der Waals surface area contributed by atoms with E-state index < -0.39 is 0 Å². The summed E-state index contributed by atoms with van der Waals surface area (Å²) in [6.07, 6.45) is 1.97. The van der Waals surface area contributed by atoms with Gasteiger partial charge in [-0.05, 0) is 91.8 Å². The maximum atomic E-state index is 13.6.